The van der Waals surface area contributed by atoms with E-state index < -0.39 is 16.4 Å². The Labute approximate surface area is 114 Å². The number of nitro groups is 1. The molecular weight excluding hydrogens is 265 g/mol. The lowest BCUT2D eigenvalue weighted by molar-refractivity contribution is -0.385. The average molecular weight is 279 g/mol. The summed E-state index contributed by atoms with van der Waals surface area (Å²) >= 11 is 0. The number of fused-ring (bicyclic) bond motifs is 1. The van der Waals surface area contributed by atoms with Gasteiger partial charge in [0.1, 0.15) is 5.39 Å². The topological polar surface area (TPSA) is 70.2 Å². The SMILES string of the molecule is Cc1nn(C2CCCCO2)c2ccc(F)c([N+](=O)[O-])c12. The molecule has 1 aromatic carbocycles. The summed E-state index contributed by atoms with van der Waals surface area (Å²) in [5.41, 5.74) is 0.477. The van der Waals surface area contributed by atoms with E-state index in [9.17, 15) is 14.5 Å². The van der Waals surface area contributed by atoms with Gasteiger partial charge in [-0.05, 0) is 38.3 Å². The monoisotopic (exact) mass is 279 g/mol. The fraction of sp³-hybridized carbons (Fsp3) is 0.462. The van der Waals surface area contributed by atoms with Crippen molar-refractivity contribution in [1.29, 1.82) is 0 Å². The summed E-state index contributed by atoms with van der Waals surface area (Å²) in [6.45, 7) is 2.29. The summed E-state index contributed by atoms with van der Waals surface area (Å²) in [5, 5.41) is 15.6. The number of ether oxygens (including phenoxy) is 1. The van der Waals surface area contributed by atoms with Crippen LogP contribution in [0.25, 0.3) is 10.9 Å². The largest absolute Gasteiger partial charge is 0.356 e. The minimum atomic E-state index is -0.838. The normalized spacial score (nSPS) is 19.4. The first-order chi connectivity index (χ1) is 9.59. The molecule has 106 valence electrons. The minimum absolute atomic E-state index is 0.231. The van der Waals surface area contributed by atoms with Crippen LogP contribution in [-0.2, 0) is 4.74 Å². The summed E-state index contributed by atoms with van der Waals surface area (Å²) in [4.78, 5) is 10.4. The molecule has 0 bridgehead atoms. The summed E-state index contributed by atoms with van der Waals surface area (Å²) < 4.78 is 21.0. The standard InChI is InChI=1S/C13H14FN3O3/c1-8-12-10(6-5-9(14)13(12)17(18)19)16(15-8)11-4-2-3-7-20-11/h5-6,11H,2-4,7H2,1H3. The summed E-state index contributed by atoms with van der Waals surface area (Å²) in [5.74, 6) is -0.838. The second kappa shape index (κ2) is 4.82. The Bertz CT molecular complexity index is 677. The van der Waals surface area contributed by atoms with E-state index in [1.54, 1.807) is 11.6 Å². The lowest BCUT2D eigenvalue weighted by atomic mass is 10.1. The molecule has 1 unspecified atom stereocenters. The van der Waals surface area contributed by atoms with Gasteiger partial charge < -0.3 is 4.74 Å². The van der Waals surface area contributed by atoms with Gasteiger partial charge in [-0.25, -0.2) is 4.68 Å². The molecule has 0 radical (unpaired) electrons. The van der Waals surface area contributed by atoms with Crippen LogP contribution in [0.2, 0.25) is 0 Å². The third kappa shape index (κ3) is 1.94. The van der Waals surface area contributed by atoms with Crippen molar-refractivity contribution in [2.24, 2.45) is 0 Å². The lowest BCUT2D eigenvalue weighted by Crippen LogP contribution is -2.19. The number of halogens is 1. The van der Waals surface area contributed by atoms with E-state index in [1.807, 2.05) is 0 Å². The highest BCUT2D eigenvalue weighted by Crippen LogP contribution is 2.34. The van der Waals surface area contributed by atoms with Gasteiger partial charge in [0.25, 0.3) is 0 Å². The van der Waals surface area contributed by atoms with Crippen LogP contribution in [0.15, 0.2) is 12.1 Å². The van der Waals surface area contributed by atoms with Gasteiger partial charge in [0.2, 0.25) is 5.82 Å². The van der Waals surface area contributed by atoms with E-state index in [-0.39, 0.29) is 11.6 Å². The number of rotatable bonds is 2. The molecule has 1 aliphatic heterocycles. The number of nitro benzene ring substituents is 1. The van der Waals surface area contributed by atoms with Crippen LogP contribution in [0.1, 0.15) is 31.2 Å². The average Bonchev–Trinajstić information content (AvgIpc) is 2.77. The second-order valence-electron chi connectivity index (χ2n) is 4.90. The van der Waals surface area contributed by atoms with Gasteiger partial charge in [-0.3, -0.25) is 10.1 Å². The zero-order valence-electron chi connectivity index (χ0n) is 11.0. The molecule has 0 N–H and O–H groups in total. The van der Waals surface area contributed by atoms with Crippen LogP contribution < -0.4 is 0 Å². The number of hydrogen-bond acceptors (Lipinski definition) is 4. The summed E-state index contributed by atoms with van der Waals surface area (Å²) in [6.07, 6.45) is 2.60. The van der Waals surface area contributed by atoms with Crippen molar-refractivity contribution in [3.8, 4) is 0 Å². The van der Waals surface area contributed by atoms with E-state index in [0.717, 1.165) is 25.3 Å². The third-order valence-electron chi connectivity index (χ3n) is 3.58. The van der Waals surface area contributed by atoms with E-state index >= 15 is 0 Å². The molecule has 1 aliphatic rings. The maximum Gasteiger partial charge on any atom is 0.316 e. The summed E-state index contributed by atoms with van der Waals surface area (Å²) in [6, 6.07) is 2.64. The van der Waals surface area contributed by atoms with Gasteiger partial charge in [0.05, 0.1) is 16.1 Å². The molecule has 1 aromatic heterocycles. The zero-order chi connectivity index (χ0) is 14.3. The zero-order valence-corrected chi connectivity index (χ0v) is 11.0. The predicted molar refractivity (Wildman–Crippen MR) is 69.9 cm³/mol. The van der Waals surface area contributed by atoms with Crippen molar-refractivity contribution in [2.75, 3.05) is 6.61 Å². The van der Waals surface area contributed by atoms with Crippen LogP contribution in [-0.4, -0.2) is 21.3 Å². The molecule has 2 heterocycles. The predicted octanol–water partition coefficient (Wildman–Crippen LogP) is 3.09. The Morgan fingerprint density at radius 2 is 2.30 bits per heavy atom. The molecule has 1 saturated heterocycles. The van der Waals surface area contributed by atoms with Crippen molar-refractivity contribution < 1.29 is 14.1 Å². The summed E-state index contributed by atoms with van der Waals surface area (Å²) in [7, 11) is 0. The fourth-order valence-corrected chi connectivity index (χ4v) is 2.68. The number of aryl methyl sites for hydroxylation is 1. The quantitative estimate of drug-likeness (QED) is 0.625. The van der Waals surface area contributed by atoms with Gasteiger partial charge >= 0.3 is 5.69 Å². The molecule has 6 nitrogen and oxygen atoms in total. The van der Waals surface area contributed by atoms with Crippen molar-refractivity contribution in [3.63, 3.8) is 0 Å². The molecule has 0 aliphatic carbocycles. The molecule has 0 saturated carbocycles. The molecule has 0 spiro atoms. The maximum absolute atomic E-state index is 13.7. The van der Waals surface area contributed by atoms with Crippen LogP contribution in [0.3, 0.4) is 0 Å². The van der Waals surface area contributed by atoms with Gasteiger partial charge in [-0.2, -0.15) is 9.49 Å². The van der Waals surface area contributed by atoms with Crippen molar-refractivity contribution in [3.05, 3.63) is 33.8 Å². The van der Waals surface area contributed by atoms with Gasteiger partial charge in [-0.15, -0.1) is 0 Å². The molecule has 1 fully saturated rings. The Hall–Kier alpha value is -2.02. The number of nitrogens with zero attached hydrogens (tertiary/aromatic N) is 3. The van der Waals surface area contributed by atoms with Crippen LogP contribution in [0, 0.1) is 22.9 Å². The molecule has 3 rings (SSSR count). The Morgan fingerprint density at radius 3 is 2.95 bits per heavy atom. The second-order valence-corrected chi connectivity index (χ2v) is 4.90. The highest BCUT2D eigenvalue weighted by molar-refractivity contribution is 5.91. The smallest absolute Gasteiger partial charge is 0.316 e. The highest BCUT2D eigenvalue weighted by atomic mass is 19.1. The molecule has 7 heteroatoms. The molecule has 0 amide bonds. The first kappa shape index (κ1) is 13.0. The first-order valence-corrected chi connectivity index (χ1v) is 6.53. The third-order valence-corrected chi connectivity index (χ3v) is 3.58. The molecular formula is C13H14FN3O3. The number of hydrogen-bond donors (Lipinski definition) is 0. The molecule has 20 heavy (non-hydrogen) atoms. The van der Waals surface area contributed by atoms with E-state index in [2.05, 4.69) is 5.10 Å². The van der Waals surface area contributed by atoms with Crippen LogP contribution >= 0.6 is 0 Å². The Morgan fingerprint density at radius 1 is 1.50 bits per heavy atom. The number of benzene rings is 1. The van der Waals surface area contributed by atoms with E-state index in [0.29, 0.717) is 17.8 Å². The van der Waals surface area contributed by atoms with Gasteiger partial charge in [0, 0.05) is 6.61 Å². The highest BCUT2D eigenvalue weighted by Gasteiger charge is 2.27. The van der Waals surface area contributed by atoms with Crippen molar-refractivity contribution in [2.45, 2.75) is 32.4 Å². The molecule has 2 aromatic rings. The van der Waals surface area contributed by atoms with E-state index in [1.165, 1.54) is 6.07 Å². The molecule has 1 atom stereocenters. The lowest BCUT2D eigenvalue weighted by Gasteiger charge is -2.23. The fourth-order valence-electron chi connectivity index (χ4n) is 2.68. The first-order valence-electron chi connectivity index (χ1n) is 6.53. The van der Waals surface area contributed by atoms with Crippen molar-refractivity contribution in [1.82, 2.24) is 9.78 Å². The Balaban J connectivity index is 2.21. The number of aromatic nitrogens is 2. The van der Waals surface area contributed by atoms with Gasteiger partial charge in [0.15, 0.2) is 6.23 Å². The maximum atomic E-state index is 13.7. The minimum Gasteiger partial charge on any atom is -0.356 e. The van der Waals surface area contributed by atoms with Crippen LogP contribution in [0.4, 0.5) is 10.1 Å². The van der Waals surface area contributed by atoms with Crippen LogP contribution in [0.5, 0.6) is 0 Å². The van der Waals surface area contributed by atoms with Gasteiger partial charge in [-0.1, -0.05) is 0 Å². The Kier molecular flexibility index (Phi) is 3.13. The van der Waals surface area contributed by atoms with Crippen molar-refractivity contribution >= 4 is 16.6 Å². The van der Waals surface area contributed by atoms with E-state index in [4.69, 9.17) is 4.74 Å².